The Hall–Kier alpha value is -2.18. The largest absolute Gasteiger partial charge is 0.503 e. The van der Waals surface area contributed by atoms with Gasteiger partial charge in [-0.25, -0.2) is 0 Å². The van der Waals surface area contributed by atoms with Crippen molar-refractivity contribution in [3.05, 3.63) is 58.3 Å². The number of aromatic hydroxyl groups is 1. The van der Waals surface area contributed by atoms with E-state index in [1.54, 1.807) is 12.4 Å². The van der Waals surface area contributed by atoms with Crippen molar-refractivity contribution in [1.29, 1.82) is 0 Å². The van der Waals surface area contributed by atoms with E-state index in [9.17, 15) is 9.90 Å². The maximum absolute atomic E-state index is 11.6. The highest BCUT2D eigenvalue weighted by Gasteiger charge is 2.09. The van der Waals surface area contributed by atoms with Gasteiger partial charge in [-0.05, 0) is 24.7 Å². The third-order valence-corrected chi connectivity index (χ3v) is 3.21. The molecule has 112 valence electrons. The quantitative estimate of drug-likeness (QED) is 0.806. The van der Waals surface area contributed by atoms with Crippen LogP contribution in [0.2, 0.25) is 0 Å². The number of nitrogens with zero attached hydrogens (tertiary/aromatic N) is 3. The highest BCUT2D eigenvalue weighted by molar-refractivity contribution is 5.22. The van der Waals surface area contributed by atoms with Gasteiger partial charge in [-0.2, -0.15) is 0 Å². The predicted molar refractivity (Wildman–Crippen MR) is 79.1 cm³/mol. The SMILES string of the molecule is CN(CCO)Cc1cc(=O)c(O)cn1Cc1ccncc1. The van der Waals surface area contributed by atoms with E-state index in [0.717, 1.165) is 11.3 Å². The topological polar surface area (TPSA) is 78.6 Å². The molecular weight excluding hydrogens is 270 g/mol. The van der Waals surface area contributed by atoms with Crippen molar-refractivity contribution in [1.82, 2.24) is 14.5 Å². The molecule has 0 atom stereocenters. The van der Waals surface area contributed by atoms with E-state index in [2.05, 4.69) is 4.98 Å². The molecule has 0 saturated heterocycles. The first kappa shape index (κ1) is 15.2. The van der Waals surface area contributed by atoms with Crippen LogP contribution in [-0.4, -0.2) is 44.9 Å². The van der Waals surface area contributed by atoms with Gasteiger partial charge in [0, 0.05) is 43.8 Å². The summed E-state index contributed by atoms with van der Waals surface area (Å²) >= 11 is 0. The molecular formula is C15H19N3O3. The Labute approximate surface area is 122 Å². The molecule has 0 aliphatic rings. The summed E-state index contributed by atoms with van der Waals surface area (Å²) in [6.45, 7) is 1.63. The third kappa shape index (κ3) is 4.14. The van der Waals surface area contributed by atoms with E-state index in [1.165, 1.54) is 12.3 Å². The van der Waals surface area contributed by atoms with Gasteiger partial charge < -0.3 is 14.8 Å². The van der Waals surface area contributed by atoms with Gasteiger partial charge >= 0.3 is 0 Å². The maximum Gasteiger partial charge on any atom is 0.223 e. The van der Waals surface area contributed by atoms with Crippen LogP contribution in [0, 0.1) is 0 Å². The first-order chi connectivity index (χ1) is 10.1. The van der Waals surface area contributed by atoms with Crippen molar-refractivity contribution in [2.45, 2.75) is 13.1 Å². The molecule has 2 aromatic heterocycles. The van der Waals surface area contributed by atoms with Crippen LogP contribution in [0.5, 0.6) is 5.75 Å². The Bertz CT molecular complexity index is 640. The fourth-order valence-electron chi connectivity index (χ4n) is 2.10. The minimum Gasteiger partial charge on any atom is -0.503 e. The normalized spacial score (nSPS) is 11.0. The van der Waals surface area contributed by atoms with Gasteiger partial charge in [-0.15, -0.1) is 0 Å². The molecule has 2 rings (SSSR count). The number of rotatable bonds is 6. The van der Waals surface area contributed by atoms with E-state index < -0.39 is 5.43 Å². The second-order valence-corrected chi connectivity index (χ2v) is 4.96. The summed E-state index contributed by atoms with van der Waals surface area (Å²) in [5, 5.41) is 18.6. The smallest absolute Gasteiger partial charge is 0.223 e. The van der Waals surface area contributed by atoms with Gasteiger partial charge in [0.05, 0.1) is 12.8 Å². The monoisotopic (exact) mass is 289 g/mol. The van der Waals surface area contributed by atoms with Crippen molar-refractivity contribution in [3.8, 4) is 5.75 Å². The van der Waals surface area contributed by atoms with Crippen LogP contribution in [0.1, 0.15) is 11.3 Å². The Morgan fingerprint density at radius 3 is 2.71 bits per heavy atom. The number of hydrogen-bond acceptors (Lipinski definition) is 5. The first-order valence-electron chi connectivity index (χ1n) is 6.71. The molecule has 21 heavy (non-hydrogen) atoms. The van der Waals surface area contributed by atoms with E-state index in [-0.39, 0.29) is 12.4 Å². The van der Waals surface area contributed by atoms with Crippen molar-refractivity contribution in [3.63, 3.8) is 0 Å². The molecule has 0 aromatic carbocycles. The molecule has 2 aromatic rings. The molecule has 2 N–H and O–H groups in total. The highest BCUT2D eigenvalue weighted by Crippen LogP contribution is 2.10. The minimum atomic E-state index is -0.395. The lowest BCUT2D eigenvalue weighted by Crippen LogP contribution is -2.25. The van der Waals surface area contributed by atoms with E-state index in [4.69, 9.17) is 5.11 Å². The van der Waals surface area contributed by atoms with E-state index in [0.29, 0.717) is 19.6 Å². The molecule has 0 unspecified atom stereocenters. The fourth-order valence-corrected chi connectivity index (χ4v) is 2.10. The minimum absolute atomic E-state index is 0.0587. The van der Waals surface area contributed by atoms with Crippen LogP contribution in [0.4, 0.5) is 0 Å². The van der Waals surface area contributed by atoms with Crippen molar-refractivity contribution >= 4 is 0 Å². The lowest BCUT2D eigenvalue weighted by atomic mass is 10.2. The Morgan fingerprint density at radius 2 is 2.05 bits per heavy atom. The molecule has 0 aliphatic carbocycles. The second-order valence-electron chi connectivity index (χ2n) is 4.96. The summed E-state index contributed by atoms with van der Waals surface area (Å²) in [4.78, 5) is 17.5. The molecule has 0 amide bonds. The van der Waals surface area contributed by atoms with Crippen molar-refractivity contribution < 1.29 is 10.2 Å². The van der Waals surface area contributed by atoms with Crippen LogP contribution in [0.15, 0.2) is 41.6 Å². The van der Waals surface area contributed by atoms with Crippen LogP contribution in [0.3, 0.4) is 0 Å². The third-order valence-electron chi connectivity index (χ3n) is 3.21. The van der Waals surface area contributed by atoms with Gasteiger partial charge in [0.2, 0.25) is 5.43 Å². The van der Waals surface area contributed by atoms with Crippen LogP contribution in [-0.2, 0) is 13.1 Å². The zero-order chi connectivity index (χ0) is 15.2. The molecule has 0 bridgehead atoms. The second kappa shape index (κ2) is 7.01. The Kier molecular flexibility index (Phi) is 5.08. The van der Waals surface area contributed by atoms with Gasteiger partial charge in [-0.1, -0.05) is 0 Å². The fraction of sp³-hybridized carbons (Fsp3) is 0.333. The van der Waals surface area contributed by atoms with Gasteiger partial charge in [0.25, 0.3) is 0 Å². The molecule has 6 nitrogen and oxygen atoms in total. The summed E-state index contributed by atoms with van der Waals surface area (Å²) in [6, 6.07) is 5.21. The summed E-state index contributed by atoms with van der Waals surface area (Å²) in [6.07, 6.45) is 4.86. The average molecular weight is 289 g/mol. The standard InChI is InChI=1S/C15H19N3O3/c1-17(6-7-19)10-13-8-14(20)15(21)11-18(13)9-12-2-4-16-5-3-12/h2-5,8,11,19,21H,6-7,9-10H2,1H3. The first-order valence-corrected chi connectivity index (χ1v) is 6.71. The molecule has 0 aliphatic heterocycles. The number of aliphatic hydroxyl groups is 1. The lowest BCUT2D eigenvalue weighted by Gasteiger charge is -2.19. The highest BCUT2D eigenvalue weighted by atomic mass is 16.3. The zero-order valence-electron chi connectivity index (χ0n) is 11.9. The summed E-state index contributed by atoms with van der Waals surface area (Å²) in [5.74, 6) is -0.266. The Morgan fingerprint density at radius 1 is 1.33 bits per heavy atom. The van der Waals surface area contributed by atoms with Gasteiger partial charge in [0.1, 0.15) is 0 Å². The molecule has 0 radical (unpaired) electrons. The predicted octanol–water partition coefficient (Wildman–Crippen LogP) is 0.421. The maximum atomic E-state index is 11.6. The Balaban J connectivity index is 2.29. The molecule has 0 fully saturated rings. The zero-order valence-corrected chi connectivity index (χ0v) is 11.9. The van der Waals surface area contributed by atoms with Gasteiger partial charge in [0.15, 0.2) is 5.75 Å². The van der Waals surface area contributed by atoms with E-state index >= 15 is 0 Å². The van der Waals surface area contributed by atoms with Crippen LogP contribution >= 0.6 is 0 Å². The number of likely N-dealkylation sites (N-methyl/N-ethyl adjacent to an activating group) is 1. The van der Waals surface area contributed by atoms with E-state index in [1.807, 2.05) is 28.6 Å². The van der Waals surface area contributed by atoms with Gasteiger partial charge in [-0.3, -0.25) is 14.7 Å². The lowest BCUT2D eigenvalue weighted by molar-refractivity contribution is 0.214. The molecule has 0 spiro atoms. The molecule has 2 heterocycles. The van der Waals surface area contributed by atoms with Crippen LogP contribution < -0.4 is 5.43 Å². The van der Waals surface area contributed by atoms with Crippen molar-refractivity contribution in [2.75, 3.05) is 20.2 Å². The molecule has 0 saturated carbocycles. The van der Waals surface area contributed by atoms with Crippen LogP contribution in [0.25, 0.3) is 0 Å². The number of aliphatic hydroxyl groups excluding tert-OH is 1. The number of pyridine rings is 2. The average Bonchev–Trinajstić information content (AvgIpc) is 2.45. The summed E-state index contributed by atoms with van der Waals surface area (Å²) < 4.78 is 1.83. The number of aromatic nitrogens is 2. The summed E-state index contributed by atoms with van der Waals surface area (Å²) in [7, 11) is 1.87. The van der Waals surface area contributed by atoms with Crippen molar-refractivity contribution in [2.24, 2.45) is 0 Å². The number of hydrogen-bond donors (Lipinski definition) is 2. The summed E-state index contributed by atoms with van der Waals surface area (Å²) in [5.41, 5.74) is 1.41. The molecule has 6 heteroatoms.